The van der Waals surface area contributed by atoms with E-state index in [0.29, 0.717) is 13.0 Å². The lowest BCUT2D eigenvalue weighted by Gasteiger charge is -2.16. The number of hydrogen-bond acceptors (Lipinski definition) is 4. The van der Waals surface area contributed by atoms with Crippen LogP contribution in [0.4, 0.5) is 0 Å². The Bertz CT molecular complexity index is 154. The molecule has 11 heavy (non-hydrogen) atoms. The first kappa shape index (κ1) is 8.77. The van der Waals surface area contributed by atoms with Crippen LogP contribution >= 0.6 is 11.8 Å². The molecule has 1 N–H and O–H groups in total. The standard InChI is InChI=1S/C6H10ClNO3/c1-11-6(10)5-4(9)2-3-8(5)7/h4-5,9H,2-3H2,1H3/t4-,5-/m0/s1. The molecule has 64 valence electrons. The maximum Gasteiger partial charge on any atom is 0.327 e. The van der Waals surface area contributed by atoms with E-state index in [1.807, 2.05) is 0 Å². The van der Waals surface area contributed by atoms with Gasteiger partial charge in [0.1, 0.15) is 6.04 Å². The summed E-state index contributed by atoms with van der Waals surface area (Å²) in [6.07, 6.45) is -0.177. The number of aliphatic hydroxyl groups is 1. The SMILES string of the molecule is COC(=O)[C@@H]1[C@@H](O)CCN1Cl. The summed E-state index contributed by atoms with van der Waals surface area (Å²) in [5.41, 5.74) is 0. The number of ether oxygens (including phenoxy) is 1. The smallest absolute Gasteiger partial charge is 0.327 e. The van der Waals surface area contributed by atoms with E-state index < -0.39 is 18.1 Å². The molecule has 0 aromatic heterocycles. The van der Waals surface area contributed by atoms with E-state index in [1.54, 1.807) is 0 Å². The number of carbonyl (C=O) groups is 1. The van der Waals surface area contributed by atoms with Gasteiger partial charge in [0, 0.05) is 6.54 Å². The number of rotatable bonds is 1. The summed E-state index contributed by atoms with van der Waals surface area (Å²) < 4.78 is 5.72. The molecule has 5 heteroatoms. The topological polar surface area (TPSA) is 49.8 Å². The van der Waals surface area contributed by atoms with Gasteiger partial charge in [-0.3, -0.25) is 4.79 Å². The summed E-state index contributed by atoms with van der Waals surface area (Å²) in [5.74, 6) is -0.481. The van der Waals surface area contributed by atoms with Gasteiger partial charge in [0.05, 0.1) is 13.2 Å². The summed E-state index contributed by atoms with van der Waals surface area (Å²) >= 11 is 5.62. The molecule has 1 heterocycles. The summed E-state index contributed by atoms with van der Waals surface area (Å²) in [7, 11) is 1.28. The lowest BCUT2D eigenvalue weighted by molar-refractivity contribution is -0.146. The third-order valence-electron chi connectivity index (χ3n) is 1.75. The van der Waals surface area contributed by atoms with Crippen molar-refractivity contribution >= 4 is 17.7 Å². The predicted molar refractivity (Wildman–Crippen MR) is 39.0 cm³/mol. The first-order valence-electron chi connectivity index (χ1n) is 3.35. The molecule has 4 nitrogen and oxygen atoms in total. The van der Waals surface area contributed by atoms with Crippen LogP contribution < -0.4 is 0 Å². The van der Waals surface area contributed by atoms with Crippen molar-refractivity contribution in [3.05, 3.63) is 0 Å². The Balaban J connectivity index is 2.60. The highest BCUT2D eigenvalue weighted by Crippen LogP contribution is 2.20. The van der Waals surface area contributed by atoms with Crippen molar-refractivity contribution in [2.45, 2.75) is 18.6 Å². The molecule has 1 saturated heterocycles. The van der Waals surface area contributed by atoms with E-state index >= 15 is 0 Å². The van der Waals surface area contributed by atoms with Gasteiger partial charge < -0.3 is 9.84 Å². The molecular weight excluding hydrogens is 170 g/mol. The van der Waals surface area contributed by atoms with Gasteiger partial charge in [0.2, 0.25) is 0 Å². The second-order valence-corrected chi connectivity index (χ2v) is 2.88. The lowest BCUT2D eigenvalue weighted by atomic mass is 10.2. The summed E-state index contributed by atoms with van der Waals surface area (Å²) in [6.45, 7) is 0.516. The molecule has 1 rings (SSSR count). The van der Waals surface area contributed by atoms with Gasteiger partial charge in [-0.15, -0.1) is 0 Å². The van der Waals surface area contributed by atoms with Gasteiger partial charge >= 0.3 is 5.97 Å². The molecule has 0 spiro atoms. The van der Waals surface area contributed by atoms with Crippen molar-refractivity contribution < 1.29 is 14.6 Å². The Hall–Kier alpha value is -0.320. The molecule has 1 fully saturated rings. The van der Waals surface area contributed by atoms with Crippen LogP contribution in [0.5, 0.6) is 0 Å². The van der Waals surface area contributed by atoms with Crippen LogP contribution in [0.2, 0.25) is 0 Å². The van der Waals surface area contributed by atoms with Crippen molar-refractivity contribution in [3.8, 4) is 0 Å². The highest BCUT2D eigenvalue weighted by atomic mass is 35.5. The second-order valence-electron chi connectivity index (χ2n) is 2.45. The van der Waals surface area contributed by atoms with E-state index in [2.05, 4.69) is 4.74 Å². The zero-order chi connectivity index (χ0) is 8.43. The Morgan fingerprint density at radius 3 is 2.82 bits per heavy atom. The van der Waals surface area contributed by atoms with Crippen molar-refractivity contribution in [3.63, 3.8) is 0 Å². The maximum absolute atomic E-state index is 10.9. The Morgan fingerprint density at radius 2 is 2.45 bits per heavy atom. The number of nitrogens with zero attached hydrogens (tertiary/aromatic N) is 1. The van der Waals surface area contributed by atoms with Crippen molar-refractivity contribution in [2.24, 2.45) is 0 Å². The van der Waals surface area contributed by atoms with Crippen molar-refractivity contribution in [1.29, 1.82) is 0 Å². The third kappa shape index (κ3) is 1.64. The number of methoxy groups -OCH3 is 1. The maximum atomic E-state index is 10.9. The number of carbonyl (C=O) groups excluding carboxylic acids is 1. The fourth-order valence-electron chi connectivity index (χ4n) is 1.13. The van der Waals surface area contributed by atoms with Crippen molar-refractivity contribution in [2.75, 3.05) is 13.7 Å². The van der Waals surface area contributed by atoms with E-state index in [1.165, 1.54) is 11.5 Å². The fourth-order valence-corrected chi connectivity index (χ4v) is 1.44. The van der Waals surface area contributed by atoms with Crippen LogP contribution in [0.3, 0.4) is 0 Å². The number of hydrogen-bond donors (Lipinski definition) is 1. The largest absolute Gasteiger partial charge is 0.468 e. The highest BCUT2D eigenvalue weighted by Gasteiger charge is 2.38. The molecule has 0 aliphatic carbocycles. The second kappa shape index (κ2) is 3.38. The van der Waals surface area contributed by atoms with Gasteiger partial charge in [0.25, 0.3) is 0 Å². The number of esters is 1. The molecular formula is C6H10ClNO3. The van der Waals surface area contributed by atoms with E-state index in [-0.39, 0.29) is 0 Å². The fraction of sp³-hybridized carbons (Fsp3) is 0.833. The van der Waals surface area contributed by atoms with Crippen LogP contribution in [0.15, 0.2) is 0 Å². The summed E-state index contributed by atoms with van der Waals surface area (Å²) in [4.78, 5) is 10.9. The van der Waals surface area contributed by atoms with E-state index in [0.717, 1.165) is 0 Å². The van der Waals surface area contributed by atoms with Gasteiger partial charge in [0.15, 0.2) is 0 Å². The van der Waals surface area contributed by atoms with Crippen molar-refractivity contribution in [1.82, 2.24) is 4.42 Å². The summed E-state index contributed by atoms with van der Waals surface area (Å²) in [5, 5.41) is 9.23. The quantitative estimate of drug-likeness (QED) is 0.446. The number of halogens is 1. The van der Waals surface area contributed by atoms with E-state index in [4.69, 9.17) is 11.8 Å². The minimum absolute atomic E-state index is 0.481. The Kier molecular flexibility index (Phi) is 2.70. The first-order valence-corrected chi connectivity index (χ1v) is 3.69. The molecule has 0 bridgehead atoms. The minimum Gasteiger partial charge on any atom is -0.468 e. The number of aliphatic hydroxyl groups excluding tert-OH is 1. The zero-order valence-corrected chi connectivity index (χ0v) is 6.91. The molecule has 1 aliphatic rings. The van der Waals surface area contributed by atoms with Crippen LogP contribution in [0.25, 0.3) is 0 Å². The predicted octanol–water partition coefficient (Wildman–Crippen LogP) is -0.252. The summed E-state index contributed by atoms with van der Waals surface area (Å²) in [6, 6.07) is -0.693. The molecule has 0 saturated carbocycles. The molecule has 2 atom stereocenters. The van der Waals surface area contributed by atoms with Gasteiger partial charge in [-0.05, 0) is 18.2 Å². The zero-order valence-electron chi connectivity index (χ0n) is 6.16. The van der Waals surface area contributed by atoms with Crippen LogP contribution in [-0.4, -0.2) is 41.3 Å². The van der Waals surface area contributed by atoms with Crippen LogP contribution in [-0.2, 0) is 9.53 Å². The average molecular weight is 180 g/mol. The first-order chi connectivity index (χ1) is 5.16. The molecule has 0 unspecified atom stereocenters. The normalized spacial score (nSPS) is 32.3. The van der Waals surface area contributed by atoms with Crippen LogP contribution in [0, 0.1) is 0 Å². The van der Waals surface area contributed by atoms with Gasteiger partial charge in [-0.1, -0.05) is 0 Å². The Labute approximate surface area is 69.8 Å². The monoisotopic (exact) mass is 179 g/mol. The minimum atomic E-state index is -0.694. The average Bonchev–Trinajstić information content (AvgIpc) is 2.30. The molecule has 0 aromatic rings. The lowest BCUT2D eigenvalue weighted by Crippen LogP contribution is -2.37. The van der Waals surface area contributed by atoms with Gasteiger partial charge in [-0.25, -0.2) is 4.42 Å². The van der Waals surface area contributed by atoms with Crippen LogP contribution in [0.1, 0.15) is 6.42 Å². The molecule has 1 aliphatic heterocycles. The third-order valence-corrected chi connectivity index (χ3v) is 2.13. The molecule has 0 amide bonds. The highest BCUT2D eigenvalue weighted by molar-refractivity contribution is 6.15. The molecule has 0 radical (unpaired) electrons. The van der Waals surface area contributed by atoms with Gasteiger partial charge in [-0.2, -0.15) is 0 Å². The molecule has 0 aromatic carbocycles. The Morgan fingerprint density at radius 1 is 1.82 bits per heavy atom. The van der Waals surface area contributed by atoms with E-state index in [9.17, 15) is 9.90 Å².